The van der Waals surface area contributed by atoms with Crippen LogP contribution in [0.5, 0.6) is 0 Å². The summed E-state index contributed by atoms with van der Waals surface area (Å²) in [5.74, 6) is -0.327. The van der Waals surface area contributed by atoms with Crippen LogP contribution in [-0.4, -0.2) is 45.4 Å². The molecule has 1 N–H and O–H groups in total. The maximum atomic E-state index is 12.0. The van der Waals surface area contributed by atoms with Crippen molar-refractivity contribution in [1.29, 1.82) is 0 Å². The first-order valence-electron chi connectivity index (χ1n) is 11.1. The van der Waals surface area contributed by atoms with Gasteiger partial charge in [-0.25, -0.2) is 0 Å². The van der Waals surface area contributed by atoms with Gasteiger partial charge in [0.05, 0.1) is 22.8 Å². The van der Waals surface area contributed by atoms with Crippen molar-refractivity contribution >= 4 is 34.8 Å². The van der Waals surface area contributed by atoms with Gasteiger partial charge in [0.1, 0.15) is 5.69 Å². The lowest BCUT2D eigenvalue weighted by molar-refractivity contribution is -0.141. The van der Waals surface area contributed by atoms with Crippen LogP contribution in [0, 0.1) is 0 Å². The number of aryl methyl sites for hydroxylation is 3. The van der Waals surface area contributed by atoms with E-state index in [0.29, 0.717) is 29.3 Å². The lowest BCUT2D eigenvalue weighted by Gasteiger charge is -2.17. The number of hydrogen-bond acceptors (Lipinski definition) is 6. The van der Waals surface area contributed by atoms with Gasteiger partial charge < -0.3 is 19.1 Å². The molecule has 33 heavy (non-hydrogen) atoms. The molecule has 1 unspecified atom stereocenters. The molecule has 1 atom stereocenters. The molecule has 9 heteroatoms. The van der Waals surface area contributed by atoms with Gasteiger partial charge in [-0.1, -0.05) is 17.7 Å². The van der Waals surface area contributed by atoms with Crippen LogP contribution in [0.1, 0.15) is 59.9 Å². The van der Waals surface area contributed by atoms with Crippen LogP contribution in [0.4, 0.5) is 0 Å². The smallest absolute Gasteiger partial charge is 0.302 e. The number of aromatic nitrogens is 3. The third-order valence-corrected chi connectivity index (χ3v) is 6.59. The number of aliphatic hydroxyl groups excluding tert-OH is 1. The van der Waals surface area contributed by atoms with Gasteiger partial charge in [0.2, 0.25) is 0 Å². The van der Waals surface area contributed by atoms with Crippen molar-refractivity contribution in [2.24, 2.45) is 7.05 Å². The second-order valence-corrected chi connectivity index (χ2v) is 8.69. The highest BCUT2D eigenvalue weighted by molar-refractivity contribution is 6.35. The molecule has 0 spiro atoms. The molecule has 1 aliphatic rings. The Labute approximate surface area is 197 Å². The summed E-state index contributed by atoms with van der Waals surface area (Å²) in [6.07, 6.45) is 3.64. The average molecular weight is 474 g/mol. The number of ether oxygens (including phenoxy) is 2. The van der Waals surface area contributed by atoms with Gasteiger partial charge in [0, 0.05) is 49.8 Å². The first-order chi connectivity index (χ1) is 15.9. The van der Waals surface area contributed by atoms with Crippen LogP contribution in [0.25, 0.3) is 22.0 Å². The second kappa shape index (κ2) is 9.67. The number of benzene rings is 1. The molecule has 3 aromatic rings. The largest absolute Gasteiger partial charge is 0.466 e. The number of carbonyl (C=O) groups excluding carboxylic acids is 2. The normalized spacial score (nSPS) is 14.3. The lowest BCUT2D eigenvalue weighted by atomic mass is 9.95. The Balaban J connectivity index is 1.95. The zero-order valence-electron chi connectivity index (χ0n) is 19.1. The number of nitrogens with zero attached hydrogens (tertiary/aromatic N) is 3. The van der Waals surface area contributed by atoms with Gasteiger partial charge in [-0.15, -0.1) is 0 Å². The third-order valence-electron chi connectivity index (χ3n) is 6.27. The van der Waals surface area contributed by atoms with Crippen molar-refractivity contribution in [1.82, 2.24) is 14.3 Å². The maximum absolute atomic E-state index is 12.0. The second-order valence-electron chi connectivity index (χ2n) is 8.28. The molecular formula is C24H28ClN3O5. The van der Waals surface area contributed by atoms with Crippen LogP contribution < -0.4 is 0 Å². The number of aliphatic hydroxyl groups is 1. The fraction of sp³-hybridized carbons (Fsp3) is 0.458. The number of hydrogen-bond donors (Lipinski definition) is 1. The van der Waals surface area contributed by atoms with Crippen LogP contribution in [-0.2, 0) is 40.7 Å². The van der Waals surface area contributed by atoms with Crippen molar-refractivity contribution in [2.75, 3.05) is 13.7 Å². The summed E-state index contributed by atoms with van der Waals surface area (Å²) in [6, 6.07) is 3.74. The molecule has 0 radical (unpaired) electrons. The van der Waals surface area contributed by atoms with E-state index in [0.717, 1.165) is 65.4 Å². The quantitative estimate of drug-likeness (QED) is 0.230. The molecule has 0 saturated heterocycles. The number of carbonyl (C=O) groups is 2. The minimum absolute atomic E-state index is 0.279. The third kappa shape index (κ3) is 4.18. The van der Waals surface area contributed by atoms with Crippen LogP contribution >= 0.6 is 11.6 Å². The van der Waals surface area contributed by atoms with Gasteiger partial charge in [-0.2, -0.15) is 5.10 Å². The molecule has 0 amide bonds. The van der Waals surface area contributed by atoms with Crippen LogP contribution in [0.15, 0.2) is 12.1 Å². The highest BCUT2D eigenvalue weighted by atomic mass is 35.5. The summed E-state index contributed by atoms with van der Waals surface area (Å²) in [5.41, 5.74) is 5.16. The van der Waals surface area contributed by atoms with Crippen molar-refractivity contribution in [3.8, 4) is 11.1 Å². The van der Waals surface area contributed by atoms with Gasteiger partial charge in [-0.3, -0.25) is 14.3 Å². The molecule has 3 heterocycles. The first-order valence-corrected chi connectivity index (χ1v) is 11.5. The Hall–Kier alpha value is -2.68. The minimum Gasteiger partial charge on any atom is -0.466 e. The number of halogens is 1. The van der Waals surface area contributed by atoms with Crippen LogP contribution in [0.2, 0.25) is 5.02 Å². The predicted molar refractivity (Wildman–Crippen MR) is 124 cm³/mol. The molecule has 0 bridgehead atoms. The number of fused-ring (bicyclic) bond motifs is 2. The van der Waals surface area contributed by atoms with Gasteiger partial charge in [0.25, 0.3) is 0 Å². The van der Waals surface area contributed by atoms with E-state index in [2.05, 4.69) is 5.10 Å². The summed E-state index contributed by atoms with van der Waals surface area (Å²) in [5, 5.41) is 16.6. The molecule has 0 aliphatic carbocycles. The van der Waals surface area contributed by atoms with E-state index in [4.69, 9.17) is 21.1 Å². The molecule has 4 rings (SSSR count). The summed E-state index contributed by atoms with van der Waals surface area (Å²) in [4.78, 5) is 23.1. The lowest BCUT2D eigenvalue weighted by Crippen LogP contribution is -2.11. The molecule has 8 nitrogen and oxygen atoms in total. The predicted octanol–water partition coefficient (Wildman–Crippen LogP) is 3.98. The highest BCUT2D eigenvalue weighted by Crippen LogP contribution is 2.43. The first kappa shape index (κ1) is 23.5. The van der Waals surface area contributed by atoms with Gasteiger partial charge in [-0.05, 0) is 43.7 Å². The molecule has 1 aromatic carbocycles. The summed E-state index contributed by atoms with van der Waals surface area (Å²) >= 11 is 6.76. The number of esters is 1. The molecular weight excluding hydrogens is 446 g/mol. The minimum atomic E-state index is -1.15. The van der Waals surface area contributed by atoms with E-state index in [1.54, 1.807) is 0 Å². The van der Waals surface area contributed by atoms with E-state index in [1.165, 1.54) is 14.0 Å². The standard InChI is InChI=1S/C24H28ClN3O5/c1-14(30)33-12-6-7-15-16-9-10-17(25)20(22(16)27(2)23(15)24(31)32-3)21-18(13-29)26-28-11-5-4-8-19(21)28/h9-10,13,24,31H,4-8,11-12H2,1-3H3. The molecule has 176 valence electrons. The Morgan fingerprint density at radius 1 is 1.33 bits per heavy atom. The SMILES string of the molecule is COC(O)c1c(CCCOC(C)=O)c2ccc(Cl)c(-c3c(C=O)nn4c3CCCC4)c2n1C. The van der Waals surface area contributed by atoms with Crippen molar-refractivity contribution < 1.29 is 24.2 Å². The Morgan fingerprint density at radius 3 is 2.82 bits per heavy atom. The van der Waals surface area contributed by atoms with E-state index in [1.807, 2.05) is 28.4 Å². The van der Waals surface area contributed by atoms with Crippen LogP contribution in [0.3, 0.4) is 0 Å². The van der Waals surface area contributed by atoms with Gasteiger partial charge in [0.15, 0.2) is 12.6 Å². The van der Waals surface area contributed by atoms with E-state index >= 15 is 0 Å². The van der Waals surface area contributed by atoms with E-state index in [9.17, 15) is 14.7 Å². The summed E-state index contributed by atoms with van der Waals surface area (Å²) in [6.45, 7) is 2.43. The fourth-order valence-corrected chi connectivity index (χ4v) is 5.12. The number of rotatable bonds is 8. The van der Waals surface area contributed by atoms with Gasteiger partial charge >= 0.3 is 5.97 Å². The molecule has 0 fully saturated rings. The molecule has 0 saturated carbocycles. The molecule has 1 aliphatic heterocycles. The number of aldehydes is 1. The highest BCUT2D eigenvalue weighted by Gasteiger charge is 2.29. The zero-order chi connectivity index (χ0) is 23.7. The van der Waals surface area contributed by atoms with Crippen molar-refractivity contribution in [3.05, 3.63) is 39.8 Å². The number of methoxy groups -OCH3 is 1. The monoisotopic (exact) mass is 473 g/mol. The van der Waals surface area contributed by atoms with E-state index in [-0.39, 0.29) is 12.6 Å². The van der Waals surface area contributed by atoms with Crippen molar-refractivity contribution in [2.45, 2.75) is 51.9 Å². The fourth-order valence-electron chi connectivity index (χ4n) is 4.88. The molecule has 2 aromatic heterocycles. The average Bonchev–Trinajstić information content (AvgIpc) is 3.31. The Morgan fingerprint density at radius 2 is 2.12 bits per heavy atom. The summed E-state index contributed by atoms with van der Waals surface area (Å²) in [7, 11) is 3.29. The topological polar surface area (TPSA) is 95.6 Å². The zero-order valence-corrected chi connectivity index (χ0v) is 19.8. The van der Waals surface area contributed by atoms with E-state index < -0.39 is 6.29 Å². The Bertz CT molecular complexity index is 1210. The maximum Gasteiger partial charge on any atom is 0.302 e. The van der Waals surface area contributed by atoms with Crippen molar-refractivity contribution in [3.63, 3.8) is 0 Å². The Kier molecular flexibility index (Phi) is 6.88. The summed E-state index contributed by atoms with van der Waals surface area (Å²) < 4.78 is 14.2.